The first-order chi connectivity index (χ1) is 12.3. The third-order valence-electron chi connectivity index (χ3n) is 3.96. The highest BCUT2D eigenvalue weighted by molar-refractivity contribution is 5.98. The van der Waals surface area contributed by atoms with Gasteiger partial charge in [-0.3, -0.25) is 4.79 Å². The van der Waals surface area contributed by atoms with Crippen molar-refractivity contribution in [3.8, 4) is 5.75 Å². The smallest absolute Gasteiger partial charge is 0.236 e. The number of hydrogen-bond acceptors (Lipinski definition) is 2. The molecule has 0 bridgehead atoms. The van der Waals surface area contributed by atoms with Gasteiger partial charge in [-0.05, 0) is 42.3 Å². The van der Waals surface area contributed by atoms with Gasteiger partial charge in [-0.1, -0.05) is 60.7 Å². The highest BCUT2D eigenvalue weighted by Gasteiger charge is 2.22. The van der Waals surface area contributed by atoms with Crippen LogP contribution in [-0.4, -0.2) is 12.5 Å². The molecule has 126 valence electrons. The maximum absolute atomic E-state index is 13.0. The largest absolute Gasteiger partial charge is 0.494 e. The summed E-state index contributed by atoms with van der Waals surface area (Å²) in [6, 6.07) is 27.1. The van der Waals surface area contributed by atoms with Gasteiger partial charge in [0.15, 0.2) is 0 Å². The first-order valence-corrected chi connectivity index (χ1v) is 8.41. The molecule has 3 heteroatoms. The number of benzene rings is 3. The Hall–Kier alpha value is -3.07. The van der Waals surface area contributed by atoms with Gasteiger partial charge in [-0.25, -0.2) is 0 Å². The van der Waals surface area contributed by atoms with Crippen LogP contribution in [0.2, 0.25) is 0 Å². The molecule has 0 fully saturated rings. The van der Waals surface area contributed by atoms with E-state index in [9.17, 15) is 4.79 Å². The van der Waals surface area contributed by atoms with E-state index in [1.54, 1.807) is 0 Å². The van der Waals surface area contributed by atoms with Crippen molar-refractivity contribution in [1.82, 2.24) is 0 Å². The van der Waals surface area contributed by atoms with E-state index >= 15 is 0 Å². The normalized spacial score (nSPS) is 10.5. The molecule has 0 aliphatic carbocycles. The van der Waals surface area contributed by atoms with Gasteiger partial charge in [0.25, 0.3) is 0 Å². The van der Waals surface area contributed by atoms with E-state index in [-0.39, 0.29) is 11.8 Å². The van der Waals surface area contributed by atoms with Crippen LogP contribution >= 0.6 is 0 Å². The summed E-state index contributed by atoms with van der Waals surface area (Å²) in [6.45, 7) is 2.57. The number of carbonyl (C=O) groups excluding carboxylic acids is 1. The number of nitrogens with one attached hydrogen (secondary N) is 1. The maximum Gasteiger partial charge on any atom is 0.236 e. The second-order valence-electron chi connectivity index (χ2n) is 5.70. The van der Waals surface area contributed by atoms with Crippen molar-refractivity contribution in [3.05, 3.63) is 96.1 Å². The molecule has 0 saturated carbocycles. The number of hydrogen-bond donors (Lipinski definition) is 1. The third kappa shape index (κ3) is 4.27. The van der Waals surface area contributed by atoms with Crippen LogP contribution in [0.5, 0.6) is 5.75 Å². The summed E-state index contributed by atoms with van der Waals surface area (Å²) in [4.78, 5) is 13.0. The summed E-state index contributed by atoms with van der Waals surface area (Å²) in [5.41, 5.74) is 2.69. The van der Waals surface area contributed by atoms with Crippen LogP contribution in [0.25, 0.3) is 0 Å². The SMILES string of the molecule is CCOc1ccc(NC(=O)C(c2ccccc2)c2ccccc2)cc1. The number of ether oxygens (including phenoxy) is 1. The molecule has 0 atom stereocenters. The van der Waals surface area contributed by atoms with Gasteiger partial charge in [-0.15, -0.1) is 0 Å². The molecule has 3 nitrogen and oxygen atoms in total. The van der Waals surface area contributed by atoms with Crippen molar-refractivity contribution < 1.29 is 9.53 Å². The van der Waals surface area contributed by atoms with Crippen LogP contribution in [0.4, 0.5) is 5.69 Å². The number of amides is 1. The van der Waals surface area contributed by atoms with Gasteiger partial charge >= 0.3 is 0 Å². The minimum Gasteiger partial charge on any atom is -0.494 e. The Morgan fingerprint density at radius 3 is 1.84 bits per heavy atom. The average Bonchev–Trinajstić information content (AvgIpc) is 2.66. The van der Waals surface area contributed by atoms with Gasteiger partial charge in [0.05, 0.1) is 12.5 Å². The molecule has 3 rings (SSSR count). The van der Waals surface area contributed by atoms with Crippen LogP contribution in [0.3, 0.4) is 0 Å². The zero-order chi connectivity index (χ0) is 17.5. The summed E-state index contributed by atoms with van der Waals surface area (Å²) in [5.74, 6) is 0.388. The molecule has 0 aromatic heterocycles. The van der Waals surface area contributed by atoms with E-state index in [0.717, 1.165) is 22.6 Å². The standard InChI is InChI=1S/C22H21NO2/c1-2-25-20-15-13-19(14-16-20)23-22(24)21(17-9-5-3-6-10-17)18-11-7-4-8-12-18/h3-16,21H,2H2,1H3,(H,23,24). The number of carbonyl (C=O) groups is 1. The van der Waals surface area contributed by atoms with Crippen LogP contribution in [0.1, 0.15) is 24.0 Å². The van der Waals surface area contributed by atoms with E-state index in [1.807, 2.05) is 91.9 Å². The highest BCUT2D eigenvalue weighted by atomic mass is 16.5. The first-order valence-electron chi connectivity index (χ1n) is 8.41. The van der Waals surface area contributed by atoms with Crippen molar-refractivity contribution in [2.45, 2.75) is 12.8 Å². The summed E-state index contributed by atoms with van der Waals surface area (Å²) in [6.07, 6.45) is 0. The fourth-order valence-electron chi connectivity index (χ4n) is 2.80. The van der Waals surface area contributed by atoms with Crippen molar-refractivity contribution >= 4 is 11.6 Å². The van der Waals surface area contributed by atoms with Gasteiger partial charge in [-0.2, -0.15) is 0 Å². The lowest BCUT2D eigenvalue weighted by Gasteiger charge is -2.18. The van der Waals surface area contributed by atoms with Crippen molar-refractivity contribution in [2.24, 2.45) is 0 Å². The Morgan fingerprint density at radius 2 is 1.36 bits per heavy atom. The molecule has 0 aliphatic heterocycles. The van der Waals surface area contributed by atoms with E-state index in [2.05, 4.69) is 5.32 Å². The Kier molecular flexibility index (Phi) is 5.47. The molecular formula is C22H21NO2. The van der Waals surface area contributed by atoms with Crippen molar-refractivity contribution in [2.75, 3.05) is 11.9 Å². The second-order valence-corrected chi connectivity index (χ2v) is 5.70. The summed E-state index contributed by atoms with van der Waals surface area (Å²) < 4.78 is 5.44. The Labute approximate surface area is 148 Å². The zero-order valence-corrected chi connectivity index (χ0v) is 14.2. The molecule has 0 heterocycles. The lowest BCUT2D eigenvalue weighted by atomic mass is 9.90. The van der Waals surface area contributed by atoms with Crippen LogP contribution < -0.4 is 10.1 Å². The number of anilines is 1. The average molecular weight is 331 g/mol. The van der Waals surface area contributed by atoms with E-state index < -0.39 is 0 Å². The maximum atomic E-state index is 13.0. The quantitative estimate of drug-likeness (QED) is 0.701. The minimum absolute atomic E-state index is 0.0541. The predicted molar refractivity (Wildman–Crippen MR) is 101 cm³/mol. The molecule has 0 spiro atoms. The van der Waals surface area contributed by atoms with Gasteiger partial charge in [0, 0.05) is 5.69 Å². The van der Waals surface area contributed by atoms with Crippen molar-refractivity contribution in [1.29, 1.82) is 0 Å². The summed E-state index contributed by atoms with van der Waals surface area (Å²) in [7, 11) is 0. The second kappa shape index (κ2) is 8.15. The topological polar surface area (TPSA) is 38.3 Å². The Morgan fingerprint density at radius 1 is 0.840 bits per heavy atom. The molecule has 0 unspecified atom stereocenters. The third-order valence-corrected chi connectivity index (χ3v) is 3.96. The van der Waals surface area contributed by atoms with E-state index in [0.29, 0.717) is 6.61 Å². The lowest BCUT2D eigenvalue weighted by molar-refractivity contribution is -0.116. The van der Waals surface area contributed by atoms with Gasteiger partial charge in [0.2, 0.25) is 5.91 Å². The van der Waals surface area contributed by atoms with E-state index in [4.69, 9.17) is 4.74 Å². The molecule has 1 N–H and O–H groups in total. The summed E-state index contributed by atoms with van der Waals surface area (Å²) in [5, 5.41) is 3.01. The first kappa shape index (κ1) is 16.8. The number of rotatable bonds is 6. The zero-order valence-electron chi connectivity index (χ0n) is 14.2. The molecule has 3 aromatic carbocycles. The van der Waals surface area contributed by atoms with Gasteiger partial charge in [0.1, 0.15) is 5.75 Å². The fourth-order valence-corrected chi connectivity index (χ4v) is 2.80. The fraction of sp³-hybridized carbons (Fsp3) is 0.136. The molecule has 1 amide bonds. The molecule has 0 saturated heterocycles. The predicted octanol–water partition coefficient (Wildman–Crippen LogP) is 4.86. The molecule has 0 radical (unpaired) electrons. The van der Waals surface area contributed by atoms with Gasteiger partial charge < -0.3 is 10.1 Å². The molecular weight excluding hydrogens is 310 g/mol. The Bertz CT molecular complexity index is 759. The lowest BCUT2D eigenvalue weighted by Crippen LogP contribution is -2.22. The molecule has 25 heavy (non-hydrogen) atoms. The van der Waals surface area contributed by atoms with Crippen LogP contribution in [0.15, 0.2) is 84.9 Å². The van der Waals surface area contributed by atoms with Crippen molar-refractivity contribution in [3.63, 3.8) is 0 Å². The monoisotopic (exact) mass is 331 g/mol. The van der Waals surface area contributed by atoms with Crippen LogP contribution in [0, 0.1) is 0 Å². The molecule has 0 aliphatic rings. The Balaban J connectivity index is 1.84. The van der Waals surface area contributed by atoms with E-state index in [1.165, 1.54) is 0 Å². The molecule has 3 aromatic rings. The highest BCUT2D eigenvalue weighted by Crippen LogP contribution is 2.26. The minimum atomic E-state index is -0.353. The summed E-state index contributed by atoms with van der Waals surface area (Å²) >= 11 is 0. The van der Waals surface area contributed by atoms with Crippen LogP contribution in [-0.2, 0) is 4.79 Å².